The molecule has 104 valence electrons. The molecule has 2 aliphatic heterocycles. The molecule has 0 bridgehead atoms. The van der Waals surface area contributed by atoms with Crippen molar-refractivity contribution in [2.75, 3.05) is 25.0 Å². The van der Waals surface area contributed by atoms with E-state index in [9.17, 15) is 0 Å². The lowest BCUT2D eigenvalue weighted by Gasteiger charge is -2.26. The average Bonchev–Trinajstić information content (AvgIpc) is 3.05. The summed E-state index contributed by atoms with van der Waals surface area (Å²) in [5.41, 5.74) is 4.92. The summed E-state index contributed by atoms with van der Waals surface area (Å²) in [6.45, 7) is 9.49. The summed E-state index contributed by atoms with van der Waals surface area (Å²) < 4.78 is 0. The van der Waals surface area contributed by atoms with Gasteiger partial charge in [-0.15, -0.1) is 0 Å². The summed E-state index contributed by atoms with van der Waals surface area (Å²) in [4.78, 5) is 2.64. The van der Waals surface area contributed by atoms with Gasteiger partial charge in [0.15, 0.2) is 0 Å². The van der Waals surface area contributed by atoms with Crippen LogP contribution in [0.25, 0.3) is 0 Å². The van der Waals surface area contributed by atoms with Crippen LogP contribution in [0.5, 0.6) is 0 Å². The van der Waals surface area contributed by atoms with Gasteiger partial charge in [-0.2, -0.15) is 0 Å². The van der Waals surface area contributed by atoms with Gasteiger partial charge in [0.2, 0.25) is 0 Å². The summed E-state index contributed by atoms with van der Waals surface area (Å²) in [5.74, 6) is 0. The van der Waals surface area contributed by atoms with Crippen LogP contribution in [0.15, 0.2) is 18.2 Å². The Bertz CT molecular complexity index is 449. The van der Waals surface area contributed by atoms with Gasteiger partial charge in [-0.05, 0) is 54.8 Å². The third-order valence-electron chi connectivity index (χ3n) is 5.31. The zero-order valence-corrected chi connectivity index (χ0v) is 12.3. The van der Waals surface area contributed by atoms with Crippen LogP contribution in [0, 0.1) is 5.41 Å². The Morgan fingerprint density at radius 3 is 2.84 bits per heavy atom. The number of rotatable bonds is 4. The highest BCUT2D eigenvalue weighted by Gasteiger charge is 2.34. The first kappa shape index (κ1) is 13.0. The van der Waals surface area contributed by atoms with Crippen molar-refractivity contribution >= 4 is 5.69 Å². The first-order chi connectivity index (χ1) is 9.24. The maximum Gasteiger partial charge on any atom is 0.0376 e. The van der Waals surface area contributed by atoms with E-state index in [0.29, 0.717) is 5.41 Å². The smallest absolute Gasteiger partial charge is 0.0376 e. The normalized spacial score (nSPS) is 21.4. The molecule has 2 nitrogen and oxygen atoms in total. The van der Waals surface area contributed by atoms with Crippen LogP contribution in [-0.2, 0) is 13.0 Å². The SMILES string of the molecule is CCC1(CC)CCN(Cc2ccc3c(c2)NCC3)C1. The van der Waals surface area contributed by atoms with E-state index in [1.165, 1.54) is 55.6 Å². The van der Waals surface area contributed by atoms with Crippen molar-refractivity contribution in [3.05, 3.63) is 29.3 Å². The Morgan fingerprint density at radius 2 is 2.11 bits per heavy atom. The Hall–Kier alpha value is -1.02. The molecule has 0 aliphatic carbocycles. The molecule has 0 unspecified atom stereocenters. The lowest BCUT2D eigenvalue weighted by Crippen LogP contribution is -2.26. The van der Waals surface area contributed by atoms with Gasteiger partial charge in [0, 0.05) is 25.3 Å². The van der Waals surface area contributed by atoms with E-state index in [4.69, 9.17) is 0 Å². The molecule has 3 rings (SSSR count). The van der Waals surface area contributed by atoms with Crippen LogP contribution in [-0.4, -0.2) is 24.5 Å². The zero-order chi connectivity index (χ0) is 13.3. The van der Waals surface area contributed by atoms with E-state index >= 15 is 0 Å². The summed E-state index contributed by atoms with van der Waals surface area (Å²) >= 11 is 0. The molecule has 19 heavy (non-hydrogen) atoms. The van der Waals surface area contributed by atoms with Crippen molar-refractivity contribution in [2.45, 2.75) is 46.1 Å². The fourth-order valence-corrected chi connectivity index (χ4v) is 3.68. The minimum absolute atomic E-state index is 0.592. The molecule has 1 fully saturated rings. The fraction of sp³-hybridized carbons (Fsp3) is 0.647. The number of likely N-dealkylation sites (tertiary alicyclic amines) is 1. The van der Waals surface area contributed by atoms with Crippen molar-refractivity contribution in [2.24, 2.45) is 5.41 Å². The Kier molecular flexibility index (Phi) is 3.53. The minimum atomic E-state index is 0.592. The number of hydrogen-bond donors (Lipinski definition) is 1. The summed E-state index contributed by atoms with van der Waals surface area (Å²) in [5, 5.41) is 3.49. The van der Waals surface area contributed by atoms with Gasteiger partial charge in [-0.25, -0.2) is 0 Å². The first-order valence-electron chi connectivity index (χ1n) is 7.83. The van der Waals surface area contributed by atoms with Crippen LogP contribution in [0.3, 0.4) is 0 Å². The highest BCUT2D eigenvalue weighted by atomic mass is 15.2. The molecule has 2 heterocycles. The van der Waals surface area contributed by atoms with Crippen molar-refractivity contribution in [1.29, 1.82) is 0 Å². The van der Waals surface area contributed by atoms with E-state index in [-0.39, 0.29) is 0 Å². The topological polar surface area (TPSA) is 15.3 Å². The second kappa shape index (κ2) is 5.16. The van der Waals surface area contributed by atoms with Crippen LogP contribution < -0.4 is 5.32 Å². The van der Waals surface area contributed by atoms with Gasteiger partial charge >= 0.3 is 0 Å². The van der Waals surface area contributed by atoms with E-state index in [2.05, 4.69) is 42.3 Å². The van der Waals surface area contributed by atoms with E-state index in [1.54, 1.807) is 0 Å². The van der Waals surface area contributed by atoms with Crippen molar-refractivity contribution < 1.29 is 0 Å². The quantitative estimate of drug-likeness (QED) is 0.886. The Balaban J connectivity index is 1.66. The average molecular weight is 258 g/mol. The molecule has 2 aliphatic rings. The molecular weight excluding hydrogens is 232 g/mol. The molecular formula is C17H26N2. The summed E-state index contributed by atoms with van der Waals surface area (Å²) in [6.07, 6.45) is 5.22. The molecule has 1 saturated heterocycles. The predicted octanol–water partition coefficient (Wildman–Crippen LogP) is 3.67. The molecule has 0 saturated carbocycles. The van der Waals surface area contributed by atoms with Crippen LogP contribution in [0.2, 0.25) is 0 Å². The molecule has 1 aromatic carbocycles. The summed E-state index contributed by atoms with van der Waals surface area (Å²) in [6, 6.07) is 7.00. The number of anilines is 1. The van der Waals surface area contributed by atoms with E-state index < -0.39 is 0 Å². The van der Waals surface area contributed by atoms with Gasteiger partial charge in [-0.1, -0.05) is 26.0 Å². The standard InChI is InChI=1S/C17H26N2/c1-3-17(4-2)8-10-19(13-17)12-14-5-6-15-7-9-18-16(15)11-14/h5-6,11,18H,3-4,7-10,12-13H2,1-2H3. The van der Waals surface area contributed by atoms with E-state index in [0.717, 1.165) is 13.1 Å². The third-order valence-corrected chi connectivity index (χ3v) is 5.31. The number of nitrogens with zero attached hydrogens (tertiary/aromatic N) is 1. The molecule has 2 heteroatoms. The fourth-order valence-electron chi connectivity index (χ4n) is 3.68. The maximum atomic E-state index is 3.49. The number of fused-ring (bicyclic) bond motifs is 1. The highest BCUT2D eigenvalue weighted by molar-refractivity contribution is 5.57. The third kappa shape index (κ3) is 2.51. The van der Waals surface area contributed by atoms with Gasteiger partial charge in [0.1, 0.15) is 0 Å². The number of benzene rings is 1. The lowest BCUT2D eigenvalue weighted by molar-refractivity contribution is 0.236. The highest BCUT2D eigenvalue weighted by Crippen LogP contribution is 2.37. The minimum Gasteiger partial charge on any atom is -0.384 e. The zero-order valence-electron chi connectivity index (χ0n) is 12.3. The van der Waals surface area contributed by atoms with E-state index in [1.807, 2.05) is 0 Å². The Morgan fingerprint density at radius 1 is 1.26 bits per heavy atom. The molecule has 0 radical (unpaired) electrons. The van der Waals surface area contributed by atoms with Crippen LogP contribution in [0.1, 0.15) is 44.2 Å². The first-order valence-corrected chi connectivity index (χ1v) is 7.83. The summed E-state index contributed by atoms with van der Waals surface area (Å²) in [7, 11) is 0. The van der Waals surface area contributed by atoms with Gasteiger partial charge in [-0.3, -0.25) is 4.90 Å². The predicted molar refractivity (Wildman–Crippen MR) is 81.5 cm³/mol. The lowest BCUT2D eigenvalue weighted by atomic mass is 9.82. The molecule has 0 spiro atoms. The molecule has 1 aromatic rings. The number of nitrogens with one attached hydrogen (secondary N) is 1. The van der Waals surface area contributed by atoms with Crippen LogP contribution >= 0.6 is 0 Å². The Labute approximate surface area is 117 Å². The monoisotopic (exact) mass is 258 g/mol. The van der Waals surface area contributed by atoms with Gasteiger partial charge < -0.3 is 5.32 Å². The van der Waals surface area contributed by atoms with Gasteiger partial charge in [0.25, 0.3) is 0 Å². The second-order valence-electron chi connectivity index (χ2n) is 6.34. The van der Waals surface area contributed by atoms with Crippen molar-refractivity contribution in [3.8, 4) is 0 Å². The second-order valence-corrected chi connectivity index (χ2v) is 6.34. The molecule has 0 aromatic heterocycles. The number of hydrogen-bond acceptors (Lipinski definition) is 2. The molecule has 0 atom stereocenters. The molecule has 0 amide bonds. The van der Waals surface area contributed by atoms with Gasteiger partial charge in [0.05, 0.1) is 0 Å². The largest absolute Gasteiger partial charge is 0.384 e. The maximum absolute atomic E-state index is 3.49. The molecule has 1 N–H and O–H groups in total. The van der Waals surface area contributed by atoms with Crippen molar-refractivity contribution in [1.82, 2.24) is 4.90 Å². The van der Waals surface area contributed by atoms with Crippen molar-refractivity contribution in [3.63, 3.8) is 0 Å². The van der Waals surface area contributed by atoms with Crippen LogP contribution in [0.4, 0.5) is 5.69 Å².